The molecular formula is C20H24N2O. The van der Waals surface area contributed by atoms with E-state index < -0.39 is 0 Å². The SMILES string of the molecule is Cc1ccc(C(=O)CN2CCN(Cc3ccccc3)CC2)cc1. The zero-order valence-corrected chi connectivity index (χ0v) is 13.7. The highest BCUT2D eigenvalue weighted by atomic mass is 16.1. The second kappa shape index (κ2) is 7.53. The van der Waals surface area contributed by atoms with Crippen LogP contribution in [0.25, 0.3) is 0 Å². The summed E-state index contributed by atoms with van der Waals surface area (Å²) in [7, 11) is 0. The first kappa shape index (κ1) is 15.9. The van der Waals surface area contributed by atoms with Gasteiger partial charge in [-0.2, -0.15) is 0 Å². The summed E-state index contributed by atoms with van der Waals surface area (Å²) >= 11 is 0. The number of Topliss-reactive ketones (excluding diaryl/α,β-unsaturated/α-hetero) is 1. The highest BCUT2D eigenvalue weighted by molar-refractivity contribution is 5.97. The summed E-state index contributed by atoms with van der Waals surface area (Å²) in [5.74, 6) is 0.224. The van der Waals surface area contributed by atoms with Crippen LogP contribution in [0.2, 0.25) is 0 Å². The van der Waals surface area contributed by atoms with Crippen LogP contribution in [0.1, 0.15) is 21.5 Å². The van der Waals surface area contributed by atoms with E-state index in [1.54, 1.807) is 0 Å². The van der Waals surface area contributed by atoms with Crippen LogP contribution in [-0.4, -0.2) is 48.3 Å². The van der Waals surface area contributed by atoms with Crippen molar-refractivity contribution < 1.29 is 4.79 Å². The molecule has 0 unspecified atom stereocenters. The molecule has 0 N–H and O–H groups in total. The van der Waals surface area contributed by atoms with Crippen molar-refractivity contribution in [3.63, 3.8) is 0 Å². The number of benzene rings is 2. The highest BCUT2D eigenvalue weighted by Crippen LogP contribution is 2.10. The largest absolute Gasteiger partial charge is 0.297 e. The summed E-state index contributed by atoms with van der Waals surface area (Å²) in [4.78, 5) is 17.1. The van der Waals surface area contributed by atoms with Gasteiger partial charge in [-0.15, -0.1) is 0 Å². The molecule has 0 aromatic heterocycles. The van der Waals surface area contributed by atoms with Crippen LogP contribution in [0.5, 0.6) is 0 Å². The fourth-order valence-electron chi connectivity index (χ4n) is 2.98. The molecule has 0 amide bonds. The fraction of sp³-hybridized carbons (Fsp3) is 0.350. The Hall–Kier alpha value is -1.97. The maximum atomic E-state index is 12.3. The Morgan fingerprint density at radius 3 is 2.13 bits per heavy atom. The van der Waals surface area contributed by atoms with E-state index in [1.165, 1.54) is 11.1 Å². The second-order valence-corrected chi connectivity index (χ2v) is 6.33. The van der Waals surface area contributed by atoms with Gasteiger partial charge in [0.2, 0.25) is 0 Å². The van der Waals surface area contributed by atoms with Crippen molar-refractivity contribution in [1.82, 2.24) is 9.80 Å². The lowest BCUT2D eigenvalue weighted by Crippen LogP contribution is -2.47. The van der Waals surface area contributed by atoms with Gasteiger partial charge in [-0.05, 0) is 12.5 Å². The average molecular weight is 308 g/mol. The number of carbonyl (C=O) groups excluding carboxylic acids is 1. The minimum atomic E-state index is 0.224. The van der Waals surface area contributed by atoms with Gasteiger partial charge in [-0.25, -0.2) is 0 Å². The highest BCUT2D eigenvalue weighted by Gasteiger charge is 2.19. The predicted molar refractivity (Wildman–Crippen MR) is 93.7 cm³/mol. The standard InChI is InChI=1S/C20H24N2O/c1-17-7-9-19(10-8-17)20(23)16-22-13-11-21(12-14-22)15-18-5-3-2-4-6-18/h2-10H,11-16H2,1H3. The molecule has 0 atom stereocenters. The summed E-state index contributed by atoms with van der Waals surface area (Å²) in [6.07, 6.45) is 0. The quantitative estimate of drug-likeness (QED) is 0.793. The molecule has 0 saturated carbocycles. The maximum Gasteiger partial charge on any atom is 0.176 e. The molecule has 3 heteroatoms. The number of aryl methyl sites for hydroxylation is 1. The molecule has 2 aromatic rings. The van der Waals surface area contributed by atoms with Gasteiger partial charge in [0.25, 0.3) is 0 Å². The third-order valence-electron chi connectivity index (χ3n) is 4.45. The Balaban J connectivity index is 1.47. The lowest BCUT2D eigenvalue weighted by molar-refractivity contribution is 0.0844. The van der Waals surface area contributed by atoms with Gasteiger partial charge in [-0.1, -0.05) is 60.2 Å². The molecule has 3 rings (SSSR count). The molecular weight excluding hydrogens is 284 g/mol. The Morgan fingerprint density at radius 1 is 0.870 bits per heavy atom. The number of nitrogens with zero attached hydrogens (tertiary/aromatic N) is 2. The zero-order chi connectivity index (χ0) is 16.1. The zero-order valence-electron chi connectivity index (χ0n) is 13.7. The first-order valence-corrected chi connectivity index (χ1v) is 8.29. The lowest BCUT2D eigenvalue weighted by atomic mass is 10.1. The summed E-state index contributed by atoms with van der Waals surface area (Å²) in [5, 5.41) is 0. The summed E-state index contributed by atoms with van der Waals surface area (Å²) in [6, 6.07) is 18.5. The van der Waals surface area contributed by atoms with Crippen LogP contribution in [0.15, 0.2) is 54.6 Å². The van der Waals surface area contributed by atoms with E-state index >= 15 is 0 Å². The van der Waals surface area contributed by atoms with Crippen molar-refractivity contribution in [1.29, 1.82) is 0 Å². The van der Waals surface area contributed by atoms with E-state index in [9.17, 15) is 4.79 Å². The fourth-order valence-corrected chi connectivity index (χ4v) is 2.98. The summed E-state index contributed by atoms with van der Waals surface area (Å²) < 4.78 is 0. The molecule has 3 nitrogen and oxygen atoms in total. The van der Waals surface area contributed by atoms with Gasteiger partial charge < -0.3 is 0 Å². The number of hydrogen-bond donors (Lipinski definition) is 0. The normalized spacial score (nSPS) is 16.4. The average Bonchev–Trinajstić information content (AvgIpc) is 2.58. The van der Waals surface area contributed by atoms with Crippen molar-refractivity contribution in [2.75, 3.05) is 32.7 Å². The third-order valence-corrected chi connectivity index (χ3v) is 4.45. The Morgan fingerprint density at radius 2 is 1.48 bits per heavy atom. The molecule has 120 valence electrons. The van der Waals surface area contributed by atoms with Gasteiger partial charge in [0, 0.05) is 38.3 Å². The van der Waals surface area contributed by atoms with Crippen LogP contribution in [0.3, 0.4) is 0 Å². The van der Waals surface area contributed by atoms with E-state index in [1.807, 2.05) is 31.2 Å². The molecule has 0 radical (unpaired) electrons. The minimum absolute atomic E-state index is 0.224. The molecule has 0 bridgehead atoms. The van der Waals surface area contributed by atoms with Crippen molar-refractivity contribution in [2.45, 2.75) is 13.5 Å². The Labute approximate surface area is 138 Å². The monoisotopic (exact) mass is 308 g/mol. The smallest absolute Gasteiger partial charge is 0.176 e. The first-order chi connectivity index (χ1) is 11.2. The van der Waals surface area contributed by atoms with Crippen molar-refractivity contribution >= 4 is 5.78 Å². The van der Waals surface area contributed by atoms with E-state index in [4.69, 9.17) is 0 Å². The van der Waals surface area contributed by atoms with Gasteiger partial charge in [0.1, 0.15) is 0 Å². The van der Waals surface area contributed by atoms with Crippen LogP contribution < -0.4 is 0 Å². The van der Waals surface area contributed by atoms with Gasteiger partial charge in [-0.3, -0.25) is 14.6 Å². The van der Waals surface area contributed by atoms with Crippen LogP contribution >= 0.6 is 0 Å². The van der Waals surface area contributed by atoms with Crippen molar-refractivity contribution in [2.24, 2.45) is 0 Å². The van der Waals surface area contributed by atoms with Gasteiger partial charge in [0.05, 0.1) is 6.54 Å². The van der Waals surface area contributed by atoms with E-state index in [2.05, 4.69) is 40.1 Å². The van der Waals surface area contributed by atoms with Crippen molar-refractivity contribution in [3.05, 3.63) is 71.3 Å². The molecule has 1 aliphatic rings. The maximum absolute atomic E-state index is 12.3. The molecule has 23 heavy (non-hydrogen) atoms. The molecule has 0 aliphatic carbocycles. The Kier molecular flexibility index (Phi) is 5.21. The third kappa shape index (κ3) is 4.50. The van der Waals surface area contributed by atoms with Crippen LogP contribution in [0, 0.1) is 6.92 Å². The topological polar surface area (TPSA) is 23.6 Å². The number of ketones is 1. The molecule has 1 saturated heterocycles. The first-order valence-electron chi connectivity index (χ1n) is 8.29. The molecule has 0 spiro atoms. The molecule has 1 fully saturated rings. The molecule has 2 aromatic carbocycles. The van der Waals surface area contributed by atoms with Crippen molar-refractivity contribution in [3.8, 4) is 0 Å². The van der Waals surface area contributed by atoms with E-state index in [0.29, 0.717) is 6.54 Å². The number of carbonyl (C=O) groups is 1. The summed E-state index contributed by atoms with van der Waals surface area (Å²) in [5.41, 5.74) is 3.37. The minimum Gasteiger partial charge on any atom is -0.297 e. The van der Waals surface area contributed by atoms with Crippen LogP contribution in [0.4, 0.5) is 0 Å². The van der Waals surface area contributed by atoms with Gasteiger partial charge in [0.15, 0.2) is 5.78 Å². The molecule has 1 aliphatic heterocycles. The number of hydrogen-bond acceptors (Lipinski definition) is 3. The van der Waals surface area contributed by atoms with E-state index in [-0.39, 0.29) is 5.78 Å². The Bertz CT molecular complexity index is 628. The molecule has 1 heterocycles. The predicted octanol–water partition coefficient (Wildman–Crippen LogP) is 3.00. The van der Waals surface area contributed by atoms with Crippen LogP contribution in [-0.2, 0) is 6.54 Å². The van der Waals surface area contributed by atoms with E-state index in [0.717, 1.165) is 38.3 Å². The number of rotatable bonds is 5. The lowest BCUT2D eigenvalue weighted by Gasteiger charge is -2.34. The number of piperazine rings is 1. The summed E-state index contributed by atoms with van der Waals surface area (Å²) in [6.45, 7) is 7.55. The second-order valence-electron chi connectivity index (χ2n) is 6.33. The van der Waals surface area contributed by atoms with Gasteiger partial charge >= 0.3 is 0 Å².